The highest BCUT2D eigenvalue weighted by atomic mass is 32.2. The summed E-state index contributed by atoms with van der Waals surface area (Å²) in [5.41, 5.74) is 1.12. The Balaban J connectivity index is 1.55. The highest BCUT2D eigenvalue weighted by Crippen LogP contribution is 2.25. The highest BCUT2D eigenvalue weighted by molar-refractivity contribution is 7.88. The van der Waals surface area contributed by atoms with Gasteiger partial charge in [-0.2, -0.15) is 4.31 Å². The Morgan fingerprint density at radius 2 is 1.77 bits per heavy atom. The fourth-order valence-electron chi connectivity index (χ4n) is 3.58. The summed E-state index contributed by atoms with van der Waals surface area (Å²) in [6.07, 6.45) is 1.24. The maximum Gasteiger partial charge on any atom is 0.236 e. The minimum Gasteiger partial charge on any atom is -0.368 e. The maximum absolute atomic E-state index is 12.6. The third kappa shape index (κ3) is 4.82. The van der Waals surface area contributed by atoms with Gasteiger partial charge in [-0.3, -0.25) is 9.69 Å². The number of nitrogens with zero attached hydrogens (tertiary/aromatic N) is 3. The van der Waals surface area contributed by atoms with Gasteiger partial charge < -0.3 is 9.64 Å². The van der Waals surface area contributed by atoms with Gasteiger partial charge in [-0.05, 0) is 12.5 Å². The lowest BCUT2D eigenvalue weighted by atomic mass is 10.1. The predicted molar refractivity (Wildman–Crippen MR) is 99.2 cm³/mol. The number of hydrogen-bond donors (Lipinski definition) is 0. The first-order valence-corrected chi connectivity index (χ1v) is 10.8. The number of carbonyl (C=O) groups excluding carboxylic acids is 1. The van der Waals surface area contributed by atoms with E-state index in [9.17, 15) is 13.2 Å². The quantitative estimate of drug-likeness (QED) is 0.762. The number of ether oxygens (including phenoxy) is 1. The van der Waals surface area contributed by atoms with Crippen LogP contribution in [0.15, 0.2) is 30.3 Å². The van der Waals surface area contributed by atoms with Crippen molar-refractivity contribution in [2.45, 2.75) is 19.1 Å². The van der Waals surface area contributed by atoms with Gasteiger partial charge in [0.1, 0.15) is 0 Å². The van der Waals surface area contributed by atoms with Crippen LogP contribution in [0.3, 0.4) is 0 Å². The van der Waals surface area contributed by atoms with Gasteiger partial charge in [-0.25, -0.2) is 8.42 Å². The Morgan fingerprint density at radius 3 is 2.38 bits per heavy atom. The molecule has 26 heavy (non-hydrogen) atoms. The zero-order chi connectivity index (χ0) is 18.7. The van der Waals surface area contributed by atoms with E-state index in [1.54, 1.807) is 4.90 Å². The minimum absolute atomic E-state index is 0.0326. The Bertz CT molecular complexity index is 717. The van der Waals surface area contributed by atoms with Crippen LogP contribution in [0.25, 0.3) is 0 Å². The molecular weight excluding hydrogens is 354 g/mol. The molecule has 2 fully saturated rings. The molecule has 8 heteroatoms. The average molecular weight is 381 g/mol. The second-order valence-corrected chi connectivity index (χ2v) is 9.07. The third-order valence-corrected chi connectivity index (χ3v) is 6.23. The van der Waals surface area contributed by atoms with Crippen LogP contribution in [0, 0.1) is 0 Å². The molecule has 3 rings (SSSR count). The van der Waals surface area contributed by atoms with Crippen LogP contribution in [-0.2, 0) is 19.6 Å². The Labute approximate surface area is 155 Å². The molecule has 0 aliphatic carbocycles. The van der Waals surface area contributed by atoms with E-state index >= 15 is 0 Å². The maximum atomic E-state index is 12.6. The molecule has 2 heterocycles. The van der Waals surface area contributed by atoms with E-state index in [2.05, 4.69) is 4.90 Å². The summed E-state index contributed by atoms with van der Waals surface area (Å²) >= 11 is 0. The molecule has 0 bridgehead atoms. The van der Waals surface area contributed by atoms with Gasteiger partial charge in [0.25, 0.3) is 0 Å². The number of amides is 1. The Hall–Kier alpha value is -1.48. The third-order valence-electron chi connectivity index (χ3n) is 4.93. The van der Waals surface area contributed by atoms with Gasteiger partial charge in [0.15, 0.2) is 0 Å². The van der Waals surface area contributed by atoms with Crippen molar-refractivity contribution in [2.75, 3.05) is 52.1 Å². The van der Waals surface area contributed by atoms with Crippen LogP contribution < -0.4 is 0 Å². The number of morpholine rings is 1. The molecule has 2 aliphatic rings. The molecule has 7 nitrogen and oxygen atoms in total. The van der Waals surface area contributed by atoms with Gasteiger partial charge in [-0.1, -0.05) is 30.3 Å². The van der Waals surface area contributed by atoms with Crippen molar-refractivity contribution in [2.24, 2.45) is 0 Å². The fourth-order valence-corrected chi connectivity index (χ4v) is 4.41. The van der Waals surface area contributed by atoms with Gasteiger partial charge in [0.05, 0.1) is 25.0 Å². The topological polar surface area (TPSA) is 70.2 Å². The molecule has 1 aromatic carbocycles. The summed E-state index contributed by atoms with van der Waals surface area (Å²) in [7, 11) is -3.18. The van der Waals surface area contributed by atoms with E-state index in [0.717, 1.165) is 12.1 Å². The van der Waals surface area contributed by atoms with E-state index in [1.807, 2.05) is 37.3 Å². The first-order chi connectivity index (χ1) is 12.3. The molecule has 0 radical (unpaired) electrons. The molecule has 0 N–H and O–H groups in total. The number of piperazine rings is 1. The molecule has 0 spiro atoms. The molecule has 0 saturated carbocycles. The van der Waals surface area contributed by atoms with E-state index in [0.29, 0.717) is 39.3 Å². The van der Waals surface area contributed by atoms with E-state index in [1.165, 1.54) is 10.6 Å². The van der Waals surface area contributed by atoms with Crippen molar-refractivity contribution >= 4 is 15.9 Å². The van der Waals surface area contributed by atoms with Crippen LogP contribution >= 0.6 is 0 Å². The molecule has 2 aliphatic heterocycles. The first kappa shape index (κ1) is 19.3. The summed E-state index contributed by atoms with van der Waals surface area (Å²) in [5, 5.41) is 0. The number of carbonyl (C=O) groups is 1. The number of rotatable bonds is 4. The normalized spacial score (nSPS) is 26.0. The van der Waals surface area contributed by atoms with Gasteiger partial charge >= 0.3 is 0 Å². The van der Waals surface area contributed by atoms with Crippen LogP contribution in [0.1, 0.15) is 18.6 Å². The van der Waals surface area contributed by atoms with Crippen LogP contribution in [0.4, 0.5) is 0 Å². The average Bonchev–Trinajstić information content (AvgIpc) is 2.61. The second kappa shape index (κ2) is 8.04. The van der Waals surface area contributed by atoms with Crippen LogP contribution in [0.2, 0.25) is 0 Å². The van der Waals surface area contributed by atoms with Crippen molar-refractivity contribution in [1.82, 2.24) is 14.1 Å². The van der Waals surface area contributed by atoms with Crippen molar-refractivity contribution < 1.29 is 17.9 Å². The summed E-state index contributed by atoms with van der Waals surface area (Å²) < 4.78 is 30.6. The van der Waals surface area contributed by atoms with E-state index in [4.69, 9.17) is 4.74 Å². The Kier molecular flexibility index (Phi) is 5.96. The standard InChI is InChI=1S/C18H27N3O4S/c1-15-12-19(13-17(25-15)16-6-4-3-5-7-16)14-18(22)20-8-10-21(11-9-20)26(2,23)24/h3-7,15,17H,8-14H2,1-2H3. The molecule has 2 atom stereocenters. The summed E-state index contributed by atoms with van der Waals surface area (Å²) in [5.74, 6) is 0.0547. The zero-order valence-electron chi connectivity index (χ0n) is 15.4. The molecule has 1 amide bonds. The molecule has 2 saturated heterocycles. The molecule has 144 valence electrons. The number of hydrogen-bond acceptors (Lipinski definition) is 5. The molecule has 2 unspecified atom stereocenters. The summed E-state index contributed by atoms with van der Waals surface area (Å²) in [6.45, 7) is 5.42. The van der Waals surface area contributed by atoms with Crippen LogP contribution in [-0.4, -0.2) is 86.6 Å². The Morgan fingerprint density at radius 1 is 1.12 bits per heavy atom. The predicted octanol–water partition coefficient (Wildman–Crippen LogP) is 0.552. The minimum atomic E-state index is -3.18. The summed E-state index contributed by atoms with van der Waals surface area (Å²) in [4.78, 5) is 16.5. The fraction of sp³-hybridized carbons (Fsp3) is 0.611. The number of benzene rings is 1. The van der Waals surface area contributed by atoms with Crippen molar-refractivity contribution in [3.63, 3.8) is 0 Å². The van der Waals surface area contributed by atoms with Gasteiger partial charge in [0.2, 0.25) is 15.9 Å². The van der Waals surface area contributed by atoms with Crippen LogP contribution in [0.5, 0.6) is 0 Å². The van der Waals surface area contributed by atoms with Crippen molar-refractivity contribution in [1.29, 1.82) is 0 Å². The smallest absolute Gasteiger partial charge is 0.236 e. The van der Waals surface area contributed by atoms with Gasteiger partial charge in [0, 0.05) is 39.3 Å². The highest BCUT2D eigenvalue weighted by Gasteiger charge is 2.30. The molecule has 0 aromatic heterocycles. The lowest BCUT2D eigenvalue weighted by Gasteiger charge is -2.39. The summed E-state index contributed by atoms with van der Waals surface area (Å²) in [6, 6.07) is 10.1. The number of sulfonamides is 1. The molecular formula is C18H27N3O4S. The zero-order valence-corrected chi connectivity index (χ0v) is 16.2. The lowest BCUT2D eigenvalue weighted by molar-refractivity contribution is -0.137. The molecule has 1 aromatic rings. The SMILES string of the molecule is CC1CN(CC(=O)N2CCN(S(C)(=O)=O)CC2)CC(c2ccccc2)O1. The van der Waals surface area contributed by atoms with Crippen molar-refractivity contribution in [3.05, 3.63) is 35.9 Å². The lowest BCUT2D eigenvalue weighted by Crippen LogP contribution is -2.53. The first-order valence-electron chi connectivity index (χ1n) is 8.98. The van der Waals surface area contributed by atoms with Gasteiger partial charge in [-0.15, -0.1) is 0 Å². The monoisotopic (exact) mass is 381 g/mol. The van der Waals surface area contributed by atoms with Crippen molar-refractivity contribution in [3.8, 4) is 0 Å². The largest absolute Gasteiger partial charge is 0.368 e. The van der Waals surface area contributed by atoms with E-state index in [-0.39, 0.29) is 18.1 Å². The second-order valence-electron chi connectivity index (χ2n) is 7.08. The van der Waals surface area contributed by atoms with E-state index < -0.39 is 10.0 Å².